The van der Waals surface area contributed by atoms with Crippen molar-refractivity contribution < 1.29 is 9.13 Å². The summed E-state index contributed by atoms with van der Waals surface area (Å²) < 4.78 is 22.5. The number of anilines is 6. The third kappa shape index (κ3) is 5.36. The molecule has 8 aromatic rings. The molecule has 0 amide bonds. The molecule has 0 saturated carbocycles. The average molecular weight is 668 g/mol. The summed E-state index contributed by atoms with van der Waals surface area (Å²) in [6.07, 6.45) is 0. The molecule has 50 heavy (non-hydrogen) atoms. The lowest BCUT2D eigenvalue weighted by Gasteiger charge is -2.33. The van der Waals surface area contributed by atoms with E-state index < -0.39 is 0 Å². The molecular weight excluding hydrogens is 638 g/mol. The van der Waals surface area contributed by atoms with Crippen molar-refractivity contribution in [2.75, 3.05) is 9.80 Å². The molecule has 4 nitrogen and oxygen atoms in total. The van der Waals surface area contributed by atoms with E-state index in [-0.39, 0.29) is 5.82 Å². The standard InChI is InChI=1S/C44H30FN3OS/c45-31-19-21-33(22-20-31)46(35-27-29-38(30-28-35)49-37-13-5-2-6-14-37)34-23-25-36(26-24-34)48-41-17-9-10-18-42(41)50-43-39-15-7-8-16-40(39)47(44(43)48)32-11-3-1-4-12-32/h1-30H. The van der Waals surface area contributed by atoms with Crippen LogP contribution in [0.5, 0.6) is 11.5 Å². The van der Waals surface area contributed by atoms with E-state index in [1.165, 1.54) is 27.3 Å². The molecule has 6 heteroatoms. The highest BCUT2D eigenvalue weighted by Gasteiger charge is 2.31. The molecule has 0 radical (unpaired) electrons. The fourth-order valence-corrected chi connectivity index (χ4v) is 7.81. The minimum Gasteiger partial charge on any atom is -0.457 e. The summed E-state index contributed by atoms with van der Waals surface area (Å²) in [5.41, 5.74) is 7.15. The van der Waals surface area contributed by atoms with Gasteiger partial charge in [0.2, 0.25) is 0 Å². The number of halogens is 1. The largest absolute Gasteiger partial charge is 0.457 e. The van der Waals surface area contributed by atoms with Gasteiger partial charge in [0.1, 0.15) is 23.1 Å². The molecule has 9 rings (SSSR count). The van der Waals surface area contributed by atoms with Crippen LogP contribution in [0.25, 0.3) is 16.6 Å². The molecule has 0 saturated heterocycles. The number of hydrogen-bond acceptors (Lipinski definition) is 4. The first-order valence-electron chi connectivity index (χ1n) is 16.5. The minimum atomic E-state index is -0.276. The molecule has 0 aliphatic carbocycles. The lowest BCUT2D eigenvalue weighted by molar-refractivity contribution is 0.483. The van der Waals surface area contributed by atoms with Gasteiger partial charge in [-0.1, -0.05) is 78.5 Å². The molecule has 2 heterocycles. The van der Waals surface area contributed by atoms with Gasteiger partial charge in [0.05, 0.1) is 16.1 Å². The number of para-hydroxylation sites is 4. The first-order chi connectivity index (χ1) is 24.7. The Morgan fingerprint density at radius 2 is 1.06 bits per heavy atom. The second-order valence-electron chi connectivity index (χ2n) is 12.0. The van der Waals surface area contributed by atoms with Crippen molar-refractivity contribution in [1.29, 1.82) is 0 Å². The molecule has 1 aromatic heterocycles. The second kappa shape index (κ2) is 12.7. The van der Waals surface area contributed by atoms with Gasteiger partial charge in [0.25, 0.3) is 0 Å². The summed E-state index contributed by atoms with van der Waals surface area (Å²) >= 11 is 1.82. The van der Waals surface area contributed by atoms with E-state index in [1.807, 2.05) is 66.4 Å². The van der Waals surface area contributed by atoms with Crippen molar-refractivity contribution in [3.05, 3.63) is 188 Å². The molecule has 1 aliphatic heterocycles. The third-order valence-electron chi connectivity index (χ3n) is 8.87. The predicted octanol–water partition coefficient (Wildman–Crippen LogP) is 13.0. The number of benzene rings is 7. The monoisotopic (exact) mass is 667 g/mol. The van der Waals surface area contributed by atoms with Crippen LogP contribution in [0.2, 0.25) is 0 Å². The number of ether oxygens (including phenoxy) is 1. The molecule has 0 fully saturated rings. The normalized spacial score (nSPS) is 12.0. The second-order valence-corrected chi connectivity index (χ2v) is 13.0. The SMILES string of the molecule is Fc1ccc(N(c2ccc(Oc3ccccc3)cc2)c2ccc(N3c4ccccc4Sc4c3n(-c3ccccc3)c3ccccc43)cc2)cc1. The van der Waals surface area contributed by atoms with Crippen LogP contribution in [-0.2, 0) is 0 Å². The minimum absolute atomic E-state index is 0.276. The fraction of sp³-hybridized carbons (Fsp3) is 0. The molecule has 0 spiro atoms. The van der Waals surface area contributed by atoms with Gasteiger partial charge < -0.3 is 9.64 Å². The van der Waals surface area contributed by atoms with Crippen LogP contribution in [0.4, 0.5) is 38.6 Å². The Balaban J connectivity index is 1.15. The summed E-state index contributed by atoms with van der Waals surface area (Å²) in [7, 11) is 0. The maximum atomic E-state index is 14.1. The van der Waals surface area contributed by atoms with Crippen molar-refractivity contribution >= 4 is 56.9 Å². The van der Waals surface area contributed by atoms with Gasteiger partial charge >= 0.3 is 0 Å². The van der Waals surface area contributed by atoms with Crippen LogP contribution < -0.4 is 14.5 Å². The number of nitrogens with zero attached hydrogens (tertiary/aromatic N) is 3. The lowest BCUT2D eigenvalue weighted by atomic mass is 10.1. The Bertz CT molecular complexity index is 2430. The van der Waals surface area contributed by atoms with Crippen molar-refractivity contribution in [2.24, 2.45) is 0 Å². The molecule has 0 N–H and O–H groups in total. The van der Waals surface area contributed by atoms with Crippen LogP contribution in [0.1, 0.15) is 0 Å². The Kier molecular flexibility index (Phi) is 7.56. The number of rotatable bonds is 7. The predicted molar refractivity (Wildman–Crippen MR) is 203 cm³/mol. The lowest BCUT2D eigenvalue weighted by Crippen LogP contribution is -2.18. The highest BCUT2D eigenvalue weighted by Crippen LogP contribution is 2.56. The van der Waals surface area contributed by atoms with Crippen molar-refractivity contribution in [3.8, 4) is 17.2 Å². The van der Waals surface area contributed by atoms with Crippen molar-refractivity contribution in [1.82, 2.24) is 4.57 Å². The van der Waals surface area contributed by atoms with E-state index in [4.69, 9.17) is 4.74 Å². The maximum Gasteiger partial charge on any atom is 0.137 e. The van der Waals surface area contributed by atoms with E-state index in [9.17, 15) is 4.39 Å². The number of fused-ring (bicyclic) bond motifs is 4. The molecule has 1 aliphatic rings. The highest BCUT2D eigenvalue weighted by molar-refractivity contribution is 8.00. The molecule has 0 atom stereocenters. The van der Waals surface area contributed by atoms with E-state index >= 15 is 0 Å². The first-order valence-corrected chi connectivity index (χ1v) is 17.3. The van der Waals surface area contributed by atoms with Crippen molar-refractivity contribution in [3.63, 3.8) is 0 Å². The Hall–Kier alpha value is -6.24. The molecular formula is C44H30FN3OS. The summed E-state index contributed by atoms with van der Waals surface area (Å²) in [6.45, 7) is 0. The van der Waals surface area contributed by atoms with Gasteiger partial charge in [-0.3, -0.25) is 9.47 Å². The Labute approximate surface area is 294 Å². The van der Waals surface area contributed by atoms with Crippen molar-refractivity contribution in [2.45, 2.75) is 9.79 Å². The highest BCUT2D eigenvalue weighted by atomic mass is 32.2. The fourth-order valence-electron chi connectivity index (χ4n) is 6.63. The first kappa shape index (κ1) is 29.9. The number of hydrogen-bond donors (Lipinski definition) is 0. The van der Waals surface area contributed by atoms with Crippen LogP contribution in [0.3, 0.4) is 0 Å². The summed E-state index contributed by atoms with van der Waals surface area (Å²) in [5, 5.41) is 1.22. The van der Waals surface area contributed by atoms with E-state index in [0.717, 1.165) is 57.0 Å². The van der Waals surface area contributed by atoms with Gasteiger partial charge in [-0.05, 0) is 115 Å². The van der Waals surface area contributed by atoms with Gasteiger partial charge in [-0.25, -0.2) is 4.39 Å². The average Bonchev–Trinajstić information content (AvgIpc) is 3.50. The van der Waals surface area contributed by atoms with Crippen LogP contribution in [-0.4, -0.2) is 4.57 Å². The van der Waals surface area contributed by atoms with Crippen LogP contribution in [0, 0.1) is 5.82 Å². The quantitative estimate of drug-likeness (QED) is 0.169. The molecule has 240 valence electrons. The summed E-state index contributed by atoms with van der Waals surface area (Å²) in [6, 6.07) is 60.7. The zero-order valence-electron chi connectivity index (χ0n) is 26.9. The van der Waals surface area contributed by atoms with Gasteiger partial charge in [-0.15, -0.1) is 0 Å². The molecule has 0 bridgehead atoms. The van der Waals surface area contributed by atoms with Gasteiger partial charge in [0, 0.05) is 38.7 Å². The zero-order chi connectivity index (χ0) is 33.4. The zero-order valence-corrected chi connectivity index (χ0v) is 27.7. The van der Waals surface area contributed by atoms with Gasteiger partial charge in [-0.2, -0.15) is 0 Å². The van der Waals surface area contributed by atoms with E-state index in [2.05, 4.69) is 117 Å². The summed E-state index contributed by atoms with van der Waals surface area (Å²) in [5.74, 6) is 2.35. The number of aromatic nitrogens is 1. The molecule has 7 aromatic carbocycles. The third-order valence-corrected chi connectivity index (χ3v) is 10.0. The van der Waals surface area contributed by atoms with E-state index in [1.54, 1.807) is 12.1 Å². The molecule has 0 unspecified atom stereocenters. The van der Waals surface area contributed by atoms with Crippen LogP contribution >= 0.6 is 11.8 Å². The van der Waals surface area contributed by atoms with Gasteiger partial charge in [0.15, 0.2) is 0 Å². The smallest absolute Gasteiger partial charge is 0.137 e. The summed E-state index contributed by atoms with van der Waals surface area (Å²) in [4.78, 5) is 6.92. The Morgan fingerprint density at radius 3 is 1.78 bits per heavy atom. The topological polar surface area (TPSA) is 20.6 Å². The van der Waals surface area contributed by atoms with E-state index in [0.29, 0.717) is 0 Å². The Morgan fingerprint density at radius 1 is 0.500 bits per heavy atom. The maximum absolute atomic E-state index is 14.1. The van der Waals surface area contributed by atoms with Crippen LogP contribution in [0.15, 0.2) is 192 Å².